The van der Waals surface area contributed by atoms with Gasteiger partial charge in [0.25, 0.3) is 0 Å². The molecular weight excluding hydrogens is 370 g/mol. The van der Waals surface area contributed by atoms with E-state index in [-0.39, 0.29) is 0 Å². The molecule has 2 heterocycles. The van der Waals surface area contributed by atoms with E-state index < -0.39 is 0 Å². The molecule has 1 aromatic heterocycles. The number of aromatic nitrogens is 2. The van der Waals surface area contributed by atoms with Crippen molar-refractivity contribution in [2.45, 2.75) is 13.5 Å². The van der Waals surface area contributed by atoms with Crippen LogP contribution in [-0.2, 0) is 6.54 Å². The smallest absolute Gasteiger partial charge is 0.224 e. The van der Waals surface area contributed by atoms with Crippen LogP contribution in [0.15, 0.2) is 60.8 Å². The summed E-state index contributed by atoms with van der Waals surface area (Å²) in [5, 5.41) is 4.10. The summed E-state index contributed by atoms with van der Waals surface area (Å²) >= 11 is 6.13. The molecule has 0 spiro atoms. The van der Waals surface area contributed by atoms with Crippen molar-refractivity contribution < 1.29 is 0 Å². The highest BCUT2D eigenvalue weighted by Crippen LogP contribution is 2.22. The van der Waals surface area contributed by atoms with Gasteiger partial charge in [0, 0.05) is 49.6 Å². The first-order chi connectivity index (χ1) is 13.7. The molecule has 0 amide bonds. The van der Waals surface area contributed by atoms with E-state index in [1.807, 2.05) is 30.5 Å². The fourth-order valence-corrected chi connectivity index (χ4v) is 3.55. The Hall–Kier alpha value is -2.79. The third-order valence-corrected chi connectivity index (χ3v) is 5.22. The molecule has 5 nitrogen and oxygen atoms in total. The molecule has 3 aromatic rings. The number of nitrogens with one attached hydrogen (secondary N) is 1. The monoisotopic (exact) mass is 393 g/mol. The van der Waals surface area contributed by atoms with Crippen molar-refractivity contribution in [2.75, 3.05) is 41.3 Å². The number of halogens is 1. The fraction of sp³-hybridized carbons (Fsp3) is 0.273. The second-order valence-corrected chi connectivity index (χ2v) is 7.47. The summed E-state index contributed by atoms with van der Waals surface area (Å²) in [5.41, 5.74) is 3.66. The minimum atomic E-state index is 0.662. The van der Waals surface area contributed by atoms with Crippen LogP contribution in [0.3, 0.4) is 0 Å². The molecule has 1 aliphatic heterocycles. The lowest BCUT2D eigenvalue weighted by atomic mass is 10.1. The molecule has 4 rings (SSSR count). The fourth-order valence-electron chi connectivity index (χ4n) is 3.36. The number of piperazine rings is 1. The molecule has 28 heavy (non-hydrogen) atoms. The minimum absolute atomic E-state index is 0.662. The lowest BCUT2D eigenvalue weighted by Gasteiger charge is -2.36. The maximum atomic E-state index is 6.13. The molecule has 0 saturated carbocycles. The zero-order valence-electron chi connectivity index (χ0n) is 16.0. The Morgan fingerprint density at radius 1 is 0.964 bits per heavy atom. The van der Waals surface area contributed by atoms with E-state index in [1.54, 1.807) is 0 Å². The summed E-state index contributed by atoms with van der Waals surface area (Å²) in [6.07, 6.45) is 1.82. The van der Waals surface area contributed by atoms with Crippen LogP contribution in [0.5, 0.6) is 0 Å². The average Bonchev–Trinajstić information content (AvgIpc) is 2.74. The molecule has 0 aliphatic carbocycles. The number of nitrogens with zero attached hydrogens (tertiary/aromatic N) is 4. The second-order valence-electron chi connectivity index (χ2n) is 7.03. The van der Waals surface area contributed by atoms with Crippen molar-refractivity contribution in [3.8, 4) is 0 Å². The van der Waals surface area contributed by atoms with Crippen LogP contribution in [0.25, 0.3) is 0 Å². The predicted molar refractivity (Wildman–Crippen MR) is 116 cm³/mol. The zero-order chi connectivity index (χ0) is 19.3. The summed E-state index contributed by atoms with van der Waals surface area (Å²) < 4.78 is 0. The van der Waals surface area contributed by atoms with Crippen molar-refractivity contribution in [3.05, 3.63) is 76.9 Å². The van der Waals surface area contributed by atoms with Gasteiger partial charge in [-0.05, 0) is 36.8 Å². The van der Waals surface area contributed by atoms with Gasteiger partial charge in [-0.25, -0.2) is 4.98 Å². The summed E-state index contributed by atoms with van der Waals surface area (Å²) in [6.45, 7) is 6.52. The van der Waals surface area contributed by atoms with Gasteiger partial charge >= 0.3 is 0 Å². The Labute approximate surface area is 171 Å². The van der Waals surface area contributed by atoms with E-state index in [9.17, 15) is 0 Å². The number of hydrogen-bond donors (Lipinski definition) is 1. The van der Waals surface area contributed by atoms with Crippen LogP contribution in [0.1, 0.15) is 11.1 Å². The van der Waals surface area contributed by atoms with E-state index >= 15 is 0 Å². The highest BCUT2D eigenvalue weighted by Gasteiger charge is 2.19. The van der Waals surface area contributed by atoms with Crippen molar-refractivity contribution in [1.82, 2.24) is 9.97 Å². The van der Waals surface area contributed by atoms with Crippen LogP contribution in [0, 0.1) is 6.92 Å². The Balaban J connectivity index is 1.36. The first-order valence-corrected chi connectivity index (χ1v) is 9.93. The van der Waals surface area contributed by atoms with E-state index in [2.05, 4.69) is 57.4 Å². The van der Waals surface area contributed by atoms with Crippen LogP contribution >= 0.6 is 11.6 Å². The number of rotatable bonds is 5. The van der Waals surface area contributed by atoms with E-state index in [1.165, 1.54) is 16.8 Å². The molecule has 2 aromatic carbocycles. The second kappa shape index (κ2) is 8.48. The van der Waals surface area contributed by atoms with Gasteiger partial charge < -0.3 is 15.1 Å². The lowest BCUT2D eigenvalue weighted by molar-refractivity contribution is 0.647. The van der Waals surface area contributed by atoms with Crippen molar-refractivity contribution >= 4 is 29.1 Å². The maximum absolute atomic E-state index is 6.13. The molecule has 1 fully saturated rings. The van der Waals surface area contributed by atoms with E-state index in [0.29, 0.717) is 12.5 Å². The van der Waals surface area contributed by atoms with Crippen molar-refractivity contribution in [1.29, 1.82) is 0 Å². The van der Waals surface area contributed by atoms with Crippen molar-refractivity contribution in [2.24, 2.45) is 0 Å². The molecule has 144 valence electrons. The van der Waals surface area contributed by atoms with Crippen molar-refractivity contribution in [3.63, 3.8) is 0 Å². The van der Waals surface area contributed by atoms with Gasteiger partial charge in [-0.1, -0.05) is 47.5 Å². The molecule has 0 bridgehead atoms. The average molecular weight is 394 g/mol. The molecular formula is C22H24ClN5. The van der Waals surface area contributed by atoms with Crippen LogP contribution in [-0.4, -0.2) is 36.1 Å². The van der Waals surface area contributed by atoms with Crippen LogP contribution in [0.2, 0.25) is 5.02 Å². The first kappa shape index (κ1) is 18.6. The quantitative estimate of drug-likeness (QED) is 0.697. The SMILES string of the molecule is Cc1ccc(CNc2nccc(N3CCN(c4cccc(Cl)c4)CC3)n2)cc1. The number of anilines is 3. The van der Waals surface area contributed by atoms with Gasteiger partial charge in [-0.15, -0.1) is 0 Å². The summed E-state index contributed by atoms with van der Waals surface area (Å²) in [5.74, 6) is 1.63. The molecule has 0 radical (unpaired) electrons. The summed E-state index contributed by atoms with van der Waals surface area (Å²) in [4.78, 5) is 13.7. The molecule has 1 aliphatic rings. The van der Waals surface area contributed by atoms with Gasteiger partial charge in [0.1, 0.15) is 5.82 Å². The first-order valence-electron chi connectivity index (χ1n) is 9.55. The summed E-state index contributed by atoms with van der Waals surface area (Å²) in [6, 6.07) is 18.5. The molecule has 1 N–H and O–H groups in total. The normalized spacial score (nSPS) is 14.2. The highest BCUT2D eigenvalue weighted by molar-refractivity contribution is 6.30. The number of benzene rings is 2. The van der Waals surface area contributed by atoms with Gasteiger partial charge in [-0.3, -0.25) is 0 Å². The predicted octanol–water partition coefficient (Wildman–Crippen LogP) is 4.38. The summed E-state index contributed by atoms with van der Waals surface area (Å²) in [7, 11) is 0. The number of aryl methyl sites for hydroxylation is 1. The van der Waals surface area contributed by atoms with Gasteiger partial charge in [0.2, 0.25) is 5.95 Å². The maximum Gasteiger partial charge on any atom is 0.224 e. The Morgan fingerprint density at radius 3 is 2.46 bits per heavy atom. The highest BCUT2D eigenvalue weighted by atomic mass is 35.5. The van der Waals surface area contributed by atoms with Gasteiger partial charge in [0.15, 0.2) is 0 Å². The van der Waals surface area contributed by atoms with Crippen LogP contribution in [0.4, 0.5) is 17.5 Å². The van der Waals surface area contributed by atoms with Gasteiger partial charge in [-0.2, -0.15) is 4.98 Å². The molecule has 1 saturated heterocycles. The molecule has 0 unspecified atom stereocenters. The Kier molecular flexibility index (Phi) is 5.63. The largest absolute Gasteiger partial charge is 0.368 e. The lowest BCUT2D eigenvalue weighted by Crippen LogP contribution is -2.46. The van der Waals surface area contributed by atoms with E-state index in [0.717, 1.165) is 37.0 Å². The van der Waals surface area contributed by atoms with Crippen LogP contribution < -0.4 is 15.1 Å². The van der Waals surface area contributed by atoms with Gasteiger partial charge in [0.05, 0.1) is 0 Å². The molecule has 6 heteroatoms. The molecule has 0 atom stereocenters. The third-order valence-electron chi connectivity index (χ3n) is 4.99. The number of hydrogen-bond acceptors (Lipinski definition) is 5. The Bertz CT molecular complexity index is 920. The zero-order valence-corrected chi connectivity index (χ0v) is 16.7. The Morgan fingerprint density at radius 2 is 1.71 bits per heavy atom. The van der Waals surface area contributed by atoms with E-state index in [4.69, 9.17) is 16.6 Å². The topological polar surface area (TPSA) is 44.3 Å². The third kappa shape index (κ3) is 4.54. The minimum Gasteiger partial charge on any atom is -0.368 e. The standard InChI is InChI=1S/C22H24ClN5/c1-17-5-7-18(8-6-17)16-25-22-24-10-9-21(26-22)28-13-11-27(12-14-28)20-4-2-3-19(23)15-20/h2-10,15H,11-14,16H2,1H3,(H,24,25,26).